The van der Waals surface area contributed by atoms with E-state index < -0.39 is 17.8 Å². The lowest BCUT2D eigenvalue weighted by Gasteiger charge is -2.58. The number of fused-ring (bicyclic) bond motifs is 5. The molecule has 34 heavy (non-hydrogen) atoms. The molecule has 0 amide bonds. The van der Waals surface area contributed by atoms with Crippen LogP contribution in [0.5, 0.6) is 0 Å². The van der Waals surface area contributed by atoms with E-state index in [1.165, 1.54) is 31.8 Å². The van der Waals surface area contributed by atoms with E-state index >= 15 is 0 Å². The summed E-state index contributed by atoms with van der Waals surface area (Å²) < 4.78 is 29.6. The lowest BCUT2D eigenvalue weighted by Crippen LogP contribution is -2.50. The van der Waals surface area contributed by atoms with Gasteiger partial charge in [-0.15, -0.1) is 0 Å². The Morgan fingerprint density at radius 1 is 1.12 bits per heavy atom. The first-order valence-electron chi connectivity index (χ1n) is 13.9. The smallest absolute Gasteiger partial charge is 0.303 e. The molecule has 2 N–H and O–H groups in total. The van der Waals surface area contributed by atoms with Gasteiger partial charge in [-0.1, -0.05) is 39.3 Å². The predicted octanol–water partition coefficient (Wildman–Crippen LogP) is 7.48. The maximum Gasteiger partial charge on any atom is 0.303 e. The van der Waals surface area contributed by atoms with Crippen LogP contribution in [0.4, 0.5) is 8.78 Å². The third kappa shape index (κ3) is 4.60. The van der Waals surface area contributed by atoms with Crippen molar-refractivity contribution in [2.24, 2.45) is 46.3 Å². The van der Waals surface area contributed by atoms with Crippen molar-refractivity contribution in [3.05, 3.63) is 11.6 Å². The van der Waals surface area contributed by atoms with E-state index in [2.05, 4.69) is 26.8 Å². The van der Waals surface area contributed by atoms with E-state index in [-0.39, 0.29) is 42.1 Å². The standard InChI is InChI=1S/C29H46F2O3/c1-18(11-16-29(30,31)19(2)5-10-26(33)34)23-8-9-24-22-7-6-20-17-21(32)12-14-27(20,3)25(22)13-15-28(23,24)4/h6,18-19,21-25,32H,5,7-17H2,1-4H3,(H,33,34)/t18-,19?,21+,22+,23-,24+,25+,27+,28-/m1/s1. The summed E-state index contributed by atoms with van der Waals surface area (Å²) in [6.07, 6.45) is 11.3. The number of allylic oxidation sites excluding steroid dienone is 1. The first-order valence-corrected chi connectivity index (χ1v) is 13.9. The predicted molar refractivity (Wildman–Crippen MR) is 131 cm³/mol. The minimum Gasteiger partial charge on any atom is -0.481 e. The van der Waals surface area contributed by atoms with E-state index in [1.54, 1.807) is 0 Å². The fourth-order valence-electron chi connectivity index (χ4n) is 9.04. The quantitative estimate of drug-likeness (QED) is 0.354. The van der Waals surface area contributed by atoms with Crippen molar-refractivity contribution in [1.29, 1.82) is 0 Å². The molecule has 0 bridgehead atoms. The van der Waals surface area contributed by atoms with Crippen LogP contribution in [0.25, 0.3) is 0 Å². The molecule has 3 nitrogen and oxygen atoms in total. The Kier molecular flexibility index (Phi) is 7.28. The largest absolute Gasteiger partial charge is 0.481 e. The third-order valence-electron chi connectivity index (χ3n) is 11.3. The molecule has 3 fully saturated rings. The van der Waals surface area contributed by atoms with Gasteiger partial charge in [0, 0.05) is 18.8 Å². The maximum atomic E-state index is 14.8. The summed E-state index contributed by atoms with van der Waals surface area (Å²) in [7, 11) is 0. The van der Waals surface area contributed by atoms with Crippen LogP contribution >= 0.6 is 0 Å². The molecule has 0 spiro atoms. The summed E-state index contributed by atoms with van der Waals surface area (Å²) in [4.78, 5) is 10.8. The number of hydrogen-bond acceptors (Lipinski definition) is 2. The molecule has 4 rings (SSSR count). The van der Waals surface area contributed by atoms with Crippen molar-refractivity contribution < 1.29 is 23.8 Å². The van der Waals surface area contributed by atoms with Crippen LogP contribution in [0.15, 0.2) is 11.6 Å². The van der Waals surface area contributed by atoms with Gasteiger partial charge < -0.3 is 10.2 Å². The minimum absolute atomic E-state index is 0.0360. The first kappa shape index (κ1) is 26.1. The zero-order valence-corrected chi connectivity index (χ0v) is 21.7. The molecule has 0 saturated heterocycles. The van der Waals surface area contributed by atoms with E-state index in [0.717, 1.165) is 32.1 Å². The highest BCUT2D eigenvalue weighted by molar-refractivity contribution is 5.66. The Balaban J connectivity index is 1.41. The summed E-state index contributed by atoms with van der Waals surface area (Å²) >= 11 is 0. The number of aliphatic hydroxyl groups is 1. The molecule has 5 heteroatoms. The molecule has 0 heterocycles. The topological polar surface area (TPSA) is 57.5 Å². The highest BCUT2D eigenvalue weighted by Crippen LogP contribution is 2.67. The second kappa shape index (κ2) is 9.48. The molecule has 0 aliphatic heterocycles. The fourth-order valence-corrected chi connectivity index (χ4v) is 9.04. The van der Waals surface area contributed by atoms with Crippen LogP contribution in [0.3, 0.4) is 0 Å². The van der Waals surface area contributed by atoms with Crippen molar-refractivity contribution in [2.75, 3.05) is 0 Å². The van der Waals surface area contributed by atoms with Crippen LogP contribution in [-0.4, -0.2) is 28.2 Å². The minimum atomic E-state index is -2.80. The summed E-state index contributed by atoms with van der Waals surface area (Å²) in [5, 5.41) is 19.1. The number of rotatable bonds is 8. The lowest BCUT2D eigenvalue weighted by molar-refractivity contribution is -0.138. The summed E-state index contributed by atoms with van der Waals surface area (Å²) in [6.45, 7) is 8.59. The fraction of sp³-hybridized carbons (Fsp3) is 0.897. The second-order valence-electron chi connectivity index (χ2n) is 13.0. The van der Waals surface area contributed by atoms with Gasteiger partial charge in [-0.25, -0.2) is 8.78 Å². The number of aliphatic hydroxyl groups excluding tert-OH is 1. The van der Waals surface area contributed by atoms with Gasteiger partial charge in [0.1, 0.15) is 0 Å². The van der Waals surface area contributed by atoms with Gasteiger partial charge in [-0.05, 0) is 105 Å². The number of carboxylic acids is 1. The summed E-state index contributed by atoms with van der Waals surface area (Å²) in [6, 6.07) is 0. The van der Waals surface area contributed by atoms with E-state index in [9.17, 15) is 18.7 Å². The van der Waals surface area contributed by atoms with Crippen LogP contribution in [0.2, 0.25) is 0 Å². The number of alkyl halides is 2. The lowest BCUT2D eigenvalue weighted by atomic mass is 9.47. The monoisotopic (exact) mass is 480 g/mol. The maximum absolute atomic E-state index is 14.8. The van der Waals surface area contributed by atoms with Gasteiger partial charge in [0.15, 0.2) is 0 Å². The Labute approximate surface area is 204 Å². The van der Waals surface area contributed by atoms with Crippen molar-refractivity contribution in [1.82, 2.24) is 0 Å². The number of aliphatic carboxylic acids is 1. The van der Waals surface area contributed by atoms with Gasteiger partial charge in [-0.3, -0.25) is 4.79 Å². The van der Waals surface area contributed by atoms with Gasteiger partial charge in [0.25, 0.3) is 5.92 Å². The molecule has 0 aromatic rings. The van der Waals surface area contributed by atoms with Crippen molar-refractivity contribution in [3.63, 3.8) is 0 Å². The number of halogens is 2. The average molecular weight is 481 g/mol. The summed E-state index contributed by atoms with van der Waals surface area (Å²) in [5.74, 6) is -1.87. The van der Waals surface area contributed by atoms with Gasteiger partial charge >= 0.3 is 5.97 Å². The number of carbonyl (C=O) groups is 1. The molecule has 194 valence electrons. The molecular formula is C29H46F2O3. The van der Waals surface area contributed by atoms with Crippen molar-refractivity contribution in [2.45, 2.75) is 117 Å². The molecule has 3 saturated carbocycles. The van der Waals surface area contributed by atoms with Crippen LogP contribution in [0, 0.1) is 46.3 Å². The van der Waals surface area contributed by atoms with Crippen molar-refractivity contribution >= 4 is 5.97 Å². The van der Waals surface area contributed by atoms with Crippen LogP contribution in [0.1, 0.15) is 105 Å². The number of carboxylic acid groups (broad SMARTS) is 1. The Morgan fingerprint density at radius 3 is 2.56 bits per heavy atom. The van der Waals surface area contributed by atoms with E-state index in [1.807, 2.05) is 0 Å². The molecule has 0 aromatic carbocycles. The molecular weight excluding hydrogens is 434 g/mol. The van der Waals surface area contributed by atoms with Crippen molar-refractivity contribution in [3.8, 4) is 0 Å². The Bertz CT molecular complexity index is 794. The molecule has 9 atom stereocenters. The molecule has 1 unspecified atom stereocenters. The highest BCUT2D eigenvalue weighted by Gasteiger charge is 2.59. The number of hydrogen-bond donors (Lipinski definition) is 2. The Hall–Kier alpha value is -0.970. The van der Waals surface area contributed by atoms with Gasteiger partial charge in [0.2, 0.25) is 0 Å². The molecule has 0 aromatic heterocycles. The van der Waals surface area contributed by atoms with Gasteiger partial charge in [0.05, 0.1) is 6.10 Å². The normalized spacial score (nSPS) is 41.6. The van der Waals surface area contributed by atoms with E-state index in [0.29, 0.717) is 30.1 Å². The first-order chi connectivity index (χ1) is 15.9. The molecule has 4 aliphatic rings. The van der Waals surface area contributed by atoms with E-state index in [4.69, 9.17) is 5.11 Å². The Morgan fingerprint density at radius 2 is 1.85 bits per heavy atom. The zero-order valence-electron chi connectivity index (χ0n) is 21.7. The van der Waals surface area contributed by atoms with Crippen LogP contribution in [-0.2, 0) is 4.79 Å². The highest BCUT2D eigenvalue weighted by atomic mass is 19.3. The van der Waals surface area contributed by atoms with Crippen LogP contribution < -0.4 is 0 Å². The molecule has 4 aliphatic carbocycles. The second-order valence-corrected chi connectivity index (χ2v) is 13.0. The zero-order chi connectivity index (χ0) is 24.9. The third-order valence-corrected chi connectivity index (χ3v) is 11.3. The summed E-state index contributed by atoms with van der Waals surface area (Å²) in [5.41, 5.74) is 1.97. The molecule has 0 radical (unpaired) electrons. The average Bonchev–Trinajstić information content (AvgIpc) is 3.13. The van der Waals surface area contributed by atoms with Gasteiger partial charge in [-0.2, -0.15) is 0 Å². The SMILES string of the molecule is CC(CCC(=O)O)C(F)(F)CC[C@@H](C)[C@H]1CC[C@H]2[C@@H]3CC=C4C[C@@H](O)CC[C@]4(C)[C@H]3CC[C@]12C.